The monoisotopic (exact) mass is 367 g/mol. The zero-order valence-electron chi connectivity index (χ0n) is 13.4. The van der Waals surface area contributed by atoms with Crippen LogP contribution in [0.3, 0.4) is 0 Å². The summed E-state index contributed by atoms with van der Waals surface area (Å²) in [7, 11) is 0. The molecular formula is C18H8F3N5O. The number of alkyl halides is 3. The lowest BCUT2D eigenvalue weighted by molar-refractivity contribution is -0.137. The van der Waals surface area contributed by atoms with E-state index in [9.17, 15) is 13.2 Å². The van der Waals surface area contributed by atoms with Crippen LogP contribution in [-0.4, -0.2) is 15.2 Å². The van der Waals surface area contributed by atoms with Gasteiger partial charge in [-0.05, 0) is 36.4 Å². The molecule has 0 atom stereocenters. The lowest BCUT2D eigenvalue weighted by atomic mass is 10.1. The molecule has 0 spiro atoms. The first kappa shape index (κ1) is 17.8. The van der Waals surface area contributed by atoms with Crippen LogP contribution in [0.25, 0.3) is 11.4 Å². The molecule has 0 fully saturated rings. The SMILES string of the molecule is N#Cc1ccc(Oc2nc(-c3cccc(C(F)(F)F)c3)nnc2C#N)cc1. The highest BCUT2D eigenvalue weighted by molar-refractivity contribution is 5.57. The van der Waals surface area contributed by atoms with E-state index < -0.39 is 11.7 Å². The van der Waals surface area contributed by atoms with E-state index in [1.807, 2.05) is 6.07 Å². The van der Waals surface area contributed by atoms with Gasteiger partial charge in [-0.2, -0.15) is 28.7 Å². The Labute approximate surface area is 151 Å². The van der Waals surface area contributed by atoms with Gasteiger partial charge in [0.25, 0.3) is 5.88 Å². The highest BCUT2D eigenvalue weighted by atomic mass is 19.4. The number of hydrogen-bond donors (Lipinski definition) is 0. The summed E-state index contributed by atoms with van der Waals surface area (Å²) in [6.07, 6.45) is -4.52. The zero-order chi connectivity index (χ0) is 19.4. The molecule has 0 aliphatic heterocycles. The molecule has 1 heterocycles. The molecule has 2 aromatic carbocycles. The van der Waals surface area contributed by atoms with E-state index in [1.165, 1.54) is 36.4 Å². The molecule has 9 heteroatoms. The van der Waals surface area contributed by atoms with Gasteiger partial charge < -0.3 is 4.74 Å². The standard InChI is InChI=1S/C18H8F3N5O/c19-18(20,21)13-3-1-2-12(8-13)16-24-17(15(10-23)25-26-16)27-14-6-4-11(9-22)5-7-14/h1-8H. The molecule has 0 N–H and O–H groups in total. The van der Waals surface area contributed by atoms with E-state index in [0.717, 1.165) is 12.1 Å². The first-order chi connectivity index (χ1) is 12.9. The fraction of sp³-hybridized carbons (Fsp3) is 0.0556. The third-order valence-corrected chi connectivity index (χ3v) is 3.41. The first-order valence-corrected chi connectivity index (χ1v) is 7.41. The van der Waals surface area contributed by atoms with Crippen molar-refractivity contribution < 1.29 is 17.9 Å². The zero-order valence-corrected chi connectivity index (χ0v) is 13.4. The first-order valence-electron chi connectivity index (χ1n) is 7.41. The highest BCUT2D eigenvalue weighted by Crippen LogP contribution is 2.32. The predicted octanol–water partition coefficient (Wildman–Crippen LogP) is 4.09. The molecule has 0 aliphatic rings. The van der Waals surface area contributed by atoms with Crippen LogP contribution in [0.1, 0.15) is 16.8 Å². The van der Waals surface area contributed by atoms with Crippen LogP contribution < -0.4 is 4.74 Å². The third-order valence-electron chi connectivity index (χ3n) is 3.41. The Morgan fingerprint density at radius 3 is 2.30 bits per heavy atom. The normalized spacial score (nSPS) is 10.7. The molecule has 3 aromatic rings. The van der Waals surface area contributed by atoms with Crippen LogP contribution >= 0.6 is 0 Å². The molecule has 0 bridgehead atoms. The number of nitriles is 2. The predicted molar refractivity (Wildman–Crippen MR) is 86.2 cm³/mol. The van der Waals surface area contributed by atoms with Gasteiger partial charge in [0, 0.05) is 5.56 Å². The number of halogens is 3. The minimum absolute atomic E-state index is 0.0755. The maximum atomic E-state index is 12.9. The summed E-state index contributed by atoms with van der Waals surface area (Å²) in [4.78, 5) is 4.02. The maximum Gasteiger partial charge on any atom is 0.416 e. The van der Waals surface area contributed by atoms with Gasteiger partial charge in [-0.1, -0.05) is 12.1 Å². The summed E-state index contributed by atoms with van der Waals surface area (Å²) in [5.74, 6) is -0.0469. The van der Waals surface area contributed by atoms with E-state index in [0.29, 0.717) is 5.56 Å². The van der Waals surface area contributed by atoms with Gasteiger partial charge in [0.1, 0.15) is 11.8 Å². The van der Waals surface area contributed by atoms with Gasteiger partial charge in [-0.3, -0.25) is 0 Å². The van der Waals surface area contributed by atoms with Gasteiger partial charge >= 0.3 is 6.18 Å². The van der Waals surface area contributed by atoms with Gasteiger partial charge in [-0.15, -0.1) is 10.2 Å². The Balaban J connectivity index is 1.99. The van der Waals surface area contributed by atoms with Crippen molar-refractivity contribution in [1.82, 2.24) is 15.2 Å². The van der Waals surface area contributed by atoms with Gasteiger partial charge in [0.05, 0.1) is 17.2 Å². The van der Waals surface area contributed by atoms with Crippen LogP contribution in [0.4, 0.5) is 13.2 Å². The second kappa shape index (κ2) is 7.10. The van der Waals surface area contributed by atoms with Gasteiger partial charge in [-0.25, -0.2) is 0 Å². The van der Waals surface area contributed by atoms with Crippen LogP contribution in [0, 0.1) is 22.7 Å². The molecule has 0 unspecified atom stereocenters. The number of benzene rings is 2. The van der Waals surface area contributed by atoms with E-state index in [2.05, 4.69) is 15.2 Å². The number of ether oxygens (including phenoxy) is 1. The summed E-state index contributed by atoms with van der Waals surface area (Å²) in [5, 5.41) is 25.3. The van der Waals surface area contributed by atoms with Crippen molar-refractivity contribution in [2.45, 2.75) is 6.18 Å². The molecule has 3 rings (SSSR count). The molecule has 6 nitrogen and oxygen atoms in total. The molecule has 27 heavy (non-hydrogen) atoms. The Kier molecular flexibility index (Phi) is 4.69. The molecular weight excluding hydrogens is 359 g/mol. The average molecular weight is 367 g/mol. The fourth-order valence-corrected chi connectivity index (χ4v) is 2.12. The molecule has 0 radical (unpaired) electrons. The van der Waals surface area contributed by atoms with Crippen LogP contribution in [0.2, 0.25) is 0 Å². The Hall–Kier alpha value is -3.98. The van der Waals surface area contributed by atoms with Crippen molar-refractivity contribution in [3.05, 3.63) is 65.4 Å². The van der Waals surface area contributed by atoms with E-state index in [-0.39, 0.29) is 28.7 Å². The van der Waals surface area contributed by atoms with E-state index >= 15 is 0 Å². The summed E-state index contributed by atoms with van der Waals surface area (Å²) in [6.45, 7) is 0. The van der Waals surface area contributed by atoms with E-state index in [1.54, 1.807) is 6.07 Å². The summed E-state index contributed by atoms with van der Waals surface area (Å²) >= 11 is 0. The number of nitrogens with zero attached hydrogens (tertiary/aromatic N) is 5. The van der Waals surface area contributed by atoms with Crippen molar-refractivity contribution in [3.8, 4) is 35.2 Å². The lowest BCUT2D eigenvalue weighted by Crippen LogP contribution is -2.05. The molecule has 1 aromatic heterocycles. The van der Waals surface area contributed by atoms with Crippen molar-refractivity contribution in [1.29, 1.82) is 10.5 Å². The highest BCUT2D eigenvalue weighted by Gasteiger charge is 2.30. The summed E-state index contributed by atoms with van der Waals surface area (Å²) < 4.78 is 44.1. The Morgan fingerprint density at radius 1 is 0.926 bits per heavy atom. The van der Waals surface area contributed by atoms with Gasteiger partial charge in [0.15, 0.2) is 5.82 Å². The topological polar surface area (TPSA) is 95.5 Å². The fourth-order valence-electron chi connectivity index (χ4n) is 2.12. The summed E-state index contributed by atoms with van der Waals surface area (Å²) in [6, 6.07) is 14.1. The minimum Gasteiger partial charge on any atom is -0.436 e. The molecule has 0 aliphatic carbocycles. The van der Waals surface area contributed by atoms with Gasteiger partial charge in [0.2, 0.25) is 5.69 Å². The minimum atomic E-state index is -4.52. The van der Waals surface area contributed by atoms with Crippen LogP contribution in [0.15, 0.2) is 48.5 Å². The largest absolute Gasteiger partial charge is 0.436 e. The Morgan fingerprint density at radius 2 is 1.67 bits per heavy atom. The molecule has 132 valence electrons. The van der Waals surface area contributed by atoms with E-state index in [4.69, 9.17) is 15.3 Å². The van der Waals surface area contributed by atoms with Crippen LogP contribution in [-0.2, 0) is 6.18 Å². The average Bonchev–Trinajstić information content (AvgIpc) is 2.68. The maximum absolute atomic E-state index is 12.9. The van der Waals surface area contributed by atoms with Crippen molar-refractivity contribution >= 4 is 0 Å². The Bertz CT molecular complexity index is 1070. The quantitative estimate of drug-likeness (QED) is 0.692. The molecule has 0 saturated heterocycles. The van der Waals surface area contributed by atoms with Crippen molar-refractivity contribution in [3.63, 3.8) is 0 Å². The number of aromatic nitrogens is 3. The summed E-state index contributed by atoms with van der Waals surface area (Å²) in [5.41, 5.74) is -0.600. The van der Waals surface area contributed by atoms with Crippen LogP contribution in [0.5, 0.6) is 11.6 Å². The molecule has 0 saturated carbocycles. The van der Waals surface area contributed by atoms with Crippen molar-refractivity contribution in [2.24, 2.45) is 0 Å². The lowest BCUT2D eigenvalue weighted by Gasteiger charge is -2.09. The second-order valence-electron chi connectivity index (χ2n) is 5.22. The second-order valence-corrected chi connectivity index (χ2v) is 5.22. The smallest absolute Gasteiger partial charge is 0.416 e. The van der Waals surface area contributed by atoms with Crippen molar-refractivity contribution in [2.75, 3.05) is 0 Å². The third kappa shape index (κ3) is 3.99. The molecule has 0 amide bonds. The number of hydrogen-bond acceptors (Lipinski definition) is 6. The number of rotatable bonds is 3.